The molecule has 1 saturated carbocycles. The molecule has 1 rings (SSSR count). The Kier molecular flexibility index (Phi) is 7.15. The molecule has 5 nitrogen and oxygen atoms in total. The molecule has 0 aromatic carbocycles. The summed E-state index contributed by atoms with van der Waals surface area (Å²) >= 11 is 0. The van der Waals surface area contributed by atoms with E-state index in [1.54, 1.807) is 14.1 Å². The quantitative estimate of drug-likeness (QED) is 0.757. The Balaban J connectivity index is 0.00000256. The number of carbonyl (C=O) groups is 2. The smallest absolute Gasteiger partial charge is 0.241 e. The zero-order valence-corrected chi connectivity index (χ0v) is 11.3. The predicted octanol–water partition coefficient (Wildman–Crippen LogP) is 0.130. The van der Waals surface area contributed by atoms with E-state index >= 15 is 0 Å². The van der Waals surface area contributed by atoms with Crippen LogP contribution < -0.4 is 11.1 Å². The number of hydrogen-bond donors (Lipinski definition) is 2. The molecular formula is C11H22ClN3O2. The molecule has 0 heterocycles. The van der Waals surface area contributed by atoms with Gasteiger partial charge in [-0.05, 0) is 18.8 Å². The van der Waals surface area contributed by atoms with E-state index in [1.807, 2.05) is 0 Å². The minimum atomic E-state index is -0.0935. The number of likely N-dealkylation sites (N-methyl/N-ethyl adjacent to an activating group) is 1. The highest BCUT2D eigenvalue weighted by atomic mass is 35.5. The fourth-order valence-electron chi connectivity index (χ4n) is 1.96. The maximum Gasteiger partial charge on any atom is 0.241 e. The third-order valence-electron chi connectivity index (χ3n) is 3.10. The summed E-state index contributed by atoms with van der Waals surface area (Å²) in [6.45, 7) is 0.0772. The number of amides is 2. The molecule has 2 amide bonds. The second-order valence-corrected chi connectivity index (χ2v) is 4.62. The van der Waals surface area contributed by atoms with Gasteiger partial charge in [-0.2, -0.15) is 0 Å². The number of nitrogens with zero attached hydrogens (tertiary/aromatic N) is 1. The van der Waals surface area contributed by atoms with E-state index in [4.69, 9.17) is 5.73 Å². The molecule has 3 N–H and O–H groups in total. The summed E-state index contributed by atoms with van der Waals surface area (Å²) in [5, 5.41) is 2.63. The van der Waals surface area contributed by atoms with Crippen LogP contribution in [-0.2, 0) is 9.59 Å². The minimum Gasteiger partial charge on any atom is -0.347 e. The van der Waals surface area contributed by atoms with Crippen LogP contribution in [0.1, 0.15) is 25.7 Å². The van der Waals surface area contributed by atoms with E-state index in [0.717, 1.165) is 19.3 Å². The van der Waals surface area contributed by atoms with Gasteiger partial charge in [0.1, 0.15) is 0 Å². The number of nitrogens with one attached hydrogen (secondary N) is 1. The van der Waals surface area contributed by atoms with Crippen LogP contribution in [0.5, 0.6) is 0 Å². The van der Waals surface area contributed by atoms with Gasteiger partial charge < -0.3 is 16.0 Å². The minimum absolute atomic E-state index is 0. The zero-order valence-electron chi connectivity index (χ0n) is 10.4. The van der Waals surface area contributed by atoms with Crippen molar-refractivity contribution in [2.45, 2.75) is 31.7 Å². The summed E-state index contributed by atoms with van der Waals surface area (Å²) < 4.78 is 0. The SMILES string of the molecule is CN(C)C(=O)CNC(=O)C[C@@H]1CCC[C@H]1N.Cl. The van der Waals surface area contributed by atoms with E-state index in [-0.39, 0.29) is 42.7 Å². The molecule has 0 spiro atoms. The van der Waals surface area contributed by atoms with Gasteiger partial charge in [-0.15, -0.1) is 12.4 Å². The third kappa shape index (κ3) is 5.37. The van der Waals surface area contributed by atoms with Crippen molar-refractivity contribution in [2.75, 3.05) is 20.6 Å². The lowest BCUT2D eigenvalue weighted by Crippen LogP contribution is -2.38. The van der Waals surface area contributed by atoms with Gasteiger partial charge in [-0.3, -0.25) is 9.59 Å². The first-order valence-corrected chi connectivity index (χ1v) is 5.73. The van der Waals surface area contributed by atoms with E-state index < -0.39 is 0 Å². The maximum atomic E-state index is 11.5. The molecule has 0 saturated heterocycles. The lowest BCUT2D eigenvalue weighted by molar-refractivity contribution is -0.131. The average Bonchev–Trinajstić information content (AvgIpc) is 2.60. The van der Waals surface area contributed by atoms with E-state index in [1.165, 1.54) is 4.90 Å². The standard InChI is InChI=1S/C11H21N3O2.ClH/c1-14(2)11(16)7-13-10(15)6-8-4-3-5-9(8)12;/h8-9H,3-7,12H2,1-2H3,(H,13,15);1H/t8-,9+;/m0./s1. The summed E-state index contributed by atoms with van der Waals surface area (Å²) in [6.07, 6.45) is 3.59. The number of halogens is 1. The van der Waals surface area contributed by atoms with Gasteiger partial charge in [0.2, 0.25) is 11.8 Å². The van der Waals surface area contributed by atoms with Gasteiger partial charge >= 0.3 is 0 Å². The third-order valence-corrected chi connectivity index (χ3v) is 3.10. The van der Waals surface area contributed by atoms with Gasteiger partial charge in [0.05, 0.1) is 6.54 Å². The first kappa shape index (κ1) is 16.2. The highest BCUT2D eigenvalue weighted by molar-refractivity contribution is 5.85. The van der Waals surface area contributed by atoms with Gasteiger partial charge in [0, 0.05) is 26.6 Å². The second kappa shape index (κ2) is 7.50. The first-order chi connectivity index (χ1) is 7.50. The first-order valence-electron chi connectivity index (χ1n) is 5.73. The van der Waals surface area contributed by atoms with Crippen molar-refractivity contribution in [3.8, 4) is 0 Å². The molecule has 1 fully saturated rings. The van der Waals surface area contributed by atoms with Gasteiger partial charge in [0.15, 0.2) is 0 Å². The van der Waals surface area contributed by atoms with Gasteiger partial charge in [-0.25, -0.2) is 0 Å². The molecule has 6 heteroatoms. The Morgan fingerprint density at radius 2 is 2.00 bits per heavy atom. The van der Waals surface area contributed by atoms with Crippen molar-refractivity contribution in [3.63, 3.8) is 0 Å². The van der Waals surface area contributed by atoms with Crippen LogP contribution in [0.3, 0.4) is 0 Å². The van der Waals surface area contributed by atoms with E-state index in [9.17, 15) is 9.59 Å². The second-order valence-electron chi connectivity index (χ2n) is 4.62. The molecule has 0 aromatic heterocycles. The highest BCUT2D eigenvalue weighted by Gasteiger charge is 2.26. The molecule has 0 unspecified atom stereocenters. The Morgan fingerprint density at radius 3 is 2.47 bits per heavy atom. The summed E-state index contributed by atoms with van der Waals surface area (Å²) in [7, 11) is 3.34. The Morgan fingerprint density at radius 1 is 1.35 bits per heavy atom. The molecule has 0 bridgehead atoms. The van der Waals surface area contributed by atoms with E-state index in [0.29, 0.717) is 6.42 Å². The molecule has 0 radical (unpaired) electrons. The molecule has 1 aliphatic rings. The van der Waals surface area contributed by atoms with Gasteiger partial charge in [0.25, 0.3) is 0 Å². The average molecular weight is 264 g/mol. The van der Waals surface area contributed by atoms with Crippen LogP contribution in [0.15, 0.2) is 0 Å². The van der Waals surface area contributed by atoms with Crippen molar-refractivity contribution in [3.05, 3.63) is 0 Å². The van der Waals surface area contributed by atoms with Crippen molar-refractivity contribution < 1.29 is 9.59 Å². The van der Waals surface area contributed by atoms with Crippen molar-refractivity contribution in [1.82, 2.24) is 10.2 Å². The Labute approximate surface area is 109 Å². The number of nitrogens with two attached hydrogens (primary N) is 1. The maximum absolute atomic E-state index is 11.5. The van der Waals surface area contributed by atoms with E-state index in [2.05, 4.69) is 5.32 Å². The van der Waals surface area contributed by atoms with Crippen molar-refractivity contribution in [2.24, 2.45) is 11.7 Å². The summed E-state index contributed by atoms with van der Waals surface area (Å²) in [6, 6.07) is 0.148. The van der Waals surface area contributed by atoms with Gasteiger partial charge in [-0.1, -0.05) is 6.42 Å². The van der Waals surface area contributed by atoms with Crippen LogP contribution >= 0.6 is 12.4 Å². The van der Waals surface area contributed by atoms with Crippen LogP contribution in [0.2, 0.25) is 0 Å². The van der Waals surface area contributed by atoms with Crippen LogP contribution in [0.4, 0.5) is 0 Å². The number of rotatable bonds is 4. The largest absolute Gasteiger partial charge is 0.347 e. The normalized spacial score (nSPS) is 22.8. The number of carbonyl (C=O) groups excluding carboxylic acids is 2. The summed E-state index contributed by atoms with van der Waals surface area (Å²) in [5.74, 6) is 0.121. The van der Waals surface area contributed by atoms with Crippen LogP contribution in [-0.4, -0.2) is 43.4 Å². The molecule has 100 valence electrons. The van der Waals surface area contributed by atoms with Crippen LogP contribution in [0.25, 0.3) is 0 Å². The molecule has 17 heavy (non-hydrogen) atoms. The summed E-state index contributed by atoms with van der Waals surface area (Å²) in [5.41, 5.74) is 5.88. The molecule has 0 aliphatic heterocycles. The molecule has 0 aromatic rings. The zero-order chi connectivity index (χ0) is 12.1. The molecular weight excluding hydrogens is 242 g/mol. The Hall–Kier alpha value is -0.810. The lowest BCUT2D eigenvalue weighted by atomic mass is 10.00. The number of hydrogen-bond acceptors (Lipinski definition) is 3. The Bertz CT molecular complexity index is 271. The molecule has 2 atom stereocenters. The lowest BCUT2D eigenvalue weighted by Gasteiger charge is -2.15. The fourth-order valence-corrected chi connectivity index (χ4v) is 1.96. The molecule has 1 aliphatic carbocycles. The summed E-state index contributed by atoms with van der Waals surface area (Å²) in [4.78, 5) is 24.2. The van der Waals surface area contributed by atoms with Crippen molar-refractivity contribution >= 4 is 24.2 Å². The van der Waals surface area contributed by atoms with Crippen molar-refractivity contribution in [1.29, 1.82) is 0 Å². The highest BCUT2D eigenvalue weighted by Crippen LogP contribution is 2.26. The fraction of sp³-hybridized carbons (Fsp3) is 0.818. The monoisotopic (exact) mass is 263 g/mol. The predicted molar refractivity (Wildman–Crippen MR) is 68.9 cm³/mol. The van der Waals surface area contributed by atoms with Crippen LogP contribution in [0, 0.1) is 5.92 Å². The topological polar surface area (TPSA) is 75.4 Å².